The molecule has 0 radical (unpaired) electrons. The lowest BCUT2D eigenvalue weighted by Gasteiger charge is -2.53. The van der Waals surface area contributed by atoms with Gasteiger partial charge in [-0.25, -0.2) is 0 Å². The van der Waals surface area contributed by atoms with Crippen LogP contribution in [0.15, 0.2) is 77.6 Å². The molecule has 9 heteroatoms. The summed E-state index contributed by atoms with van der Waals surface area (Å²) in [5, 5.41) is 37.3. The number of hydrogen-bond donors (Lipinski definition) is 5. The van der Waals surface area contributed by atoms with Crippen molar-refractivity contribution in [1.82, 2.24) is 10.3 Å². The van der Waals surface area contributed by atoms with Crippen LogP contribution in [0.5, 0.6) is 11.5 Å². The van der Waals surface area contributed by atoms with E-state index in [0.29, 0.717) is 42.1 Å². The molecular weight excluding hydrogens is 654 g/mol. The number of aromatic nitrogens is 1. The maximum atomic E-state index is 12.1. The fourth-order valence-electron chi connectivity index (χ4n) is 9.28. The Hall–Kier alpha value is -3.73. The number of fused-ring (bicyclic) bond motifs is 4. The predicted molar refractivity (Wildman–Crippen MR) is 203 cm³/mol. The fourth-order valence-corrected chi connectivity index (χ4v) is 9.28. The van der Waals surface area contributed by atoms with Crippen molar-refractivity contribution in [2.45, 2.75) is 82.6 Å². The molecule has 3 aromatic carbocycles. The van der Waals surface area contributed by atoms with E-state index in [4.69, 9.17) is 9.47 Å². The number of aliphatic hydroxyl groups is 2. The fraction of sp³-hybridized carbons (Fsp3) is 0.512. The van der Waals surface area contributed by atoms with Crippen molar-refractivity contribution in [2.24, 2.45) is 11.8 Å². The highest BCUT2D eigenvalue weighted by Gasteiger charge is 2.48. The Kier molecular flexibility index (Phi) is 11.1. The van der Waals surface area contributed by atoms with Crippen LogP contribution in [-0.4, -0.2) is 76.8 Å². The molecule has 0 amide bonds. The summed E-state index contributed by atoms with van der Waals surface area (Å²) in [7, 11) is 0. The Balaban J connectivity index is 0.894. The Bertz CT molecular complexity index is 1870. The van der Waals surface area contributed by atoms with Crippen molar-refractivity contribution in [3.8, 4) is 11.5 Å². The molecule has 9 nitrogen and oxygen atoms in total. The number of nitrogens with zero attached hydrogens (tertiary/aromatic N) is 1. The Morgan fingerprint density at radius 1 is 1.00 bits per heavy atom. The van der Waals surface area contributed by atoms with E-state index < -0.39 is 11.7 Å². The highest BCUT2D eigenvalue weighted by molar-refractivity contribution is 5.87. The molecule has 4 aromatic rings. The van der Waals surface area contributed by atoms with Gasteiger partial charge in [-0.2, -0.15) is 0 Å². The summed E-state index contributed by atoms with van der Waals surface area (Å²) >= 11 is 0. The van der Waals surface area contributed by atoms with Crippen molar-refractivity contribution in [1.29, 1.82) is 0 Å². The number of piperidine rings is 3. The number of ether oxygens (including phenoxy) is 2. The van der Waals surface area contributed by atoms with E-state index in [0.717, 1.165) is 59.3 Å². The lowest BCUT2D eigenvalue weighted by Crippen LogP contribution is -2.65. The lowest BCUT2D eigenvalue weighted by atomic mass is 9.80. The second-order valence-corrected chi connectivity index (χ2v) is 15.8. The number of aryl methyl sites for hydroxylation is 1. The minimum absolute atomic E-state index is 0.0135. The smallest absolute Gasteiger partial charge is 0.248 e. The minimum Gasteiger partial charge on any atom is -0.506 e. The van der Waals surface area contributed by atoms with Gasteiger partial charge in [-0.05, 0) is 73.1 Å². The second-order valence-electron chi connectivity index (χ2n) is 15.8. The number of rotatable bonds is 15. The first kappa shape index (κ1) is 36.6. The van der Waals surface area contributed by atoms with Gasteiger partial charge in [0.15, 0.2) is 0 Å². The SMILES string of the molecule is Cc1cc(C(C)NC[C@H](O)c2ccc(O)c3[nH]c(=O)ccc23)ccc1OCCC[N+]12CCC(CC1)[C@@H](OCC(O)(c1ccccc1)C1CCCC1)C2. The zero-order valence-electron chi connectivity index (χ0n) is 30.7. The molecule has 2 unspecified atom stereocenters. The Labute approximate surface area is 307 Å². The molecule has 0 spiro atoms. The number of H-pyrrole nitrogens is 1. The molecule has 278 valence electrons. The van der Waals surface area contributed by atoms with E-state index in [2.05, 4.69) is 48.4 Å². The largest absolute Gasteiger partial charge is 0.506 e. The van der Waals surface area contributed by atoms with Crippen LogP contribution in [0.2, 0.25) is 0 Å². The monoisotopic (exact) mass is 710 g/mol. The average molecular weight is 711 g/mol. The maximum Gasteiger partial charge on any atom is 0.248 e. The Morgan fingerprint density at radius 3 is 2.52 bits per heavy atom. The normalized spacial score (nSPS) is 24.2. The number of nitrogens with one attached hydrogen (secondary N) is 2. The molecule has 4 aliphatic rings. The molecule has 4 heterocycles. The van der Waals surface area contributed by atoms with E-state index in [1.807, 2.05) is 24.3 Å². The van der Waals surface area contributed by atoms with Gasteiger partial charge in [-0.15, -0.1) is 0 Å². The van der Waals surface area contributed by atoms with E-state index >= 15 is 0 Å². The quantitative estimate of drug-likeness (QED) is 0.0715. The highest BCUT2D eigenvalue weighted by Crippen LogP contribution is 2.43. The van der Waals surface area contributed by atoms with E-state index in [1.165, 1.54) is 50.9 Å². The van der Waals surface area contributed by atoms with Gasteiger partial charge < -0.3 is 39.6 Å². The third kappa shape index (κ3) is 7.80. The van der Waals surface area contributed by atoms with Gasteiger partial charge in [-0.1, -0.05) is 61.4 Å². The predicted octanol–water partition coefficient (Wildman–Crippen LogP) is 6.40. The second kappa shape index (κ2) is 15.7. The van der Waals surface area contributed by atoms with Crippen molar-refractivity contribution >= 4 is 10.9 Å². The van der Waals surface area contributed by atoms with Gasteiger partial charge in [0.05, 0.1) is 44.5 Å². The minimum atomic E-state index is -0.919. The van der Waals surface area contributed by atoms with Crippen LogP contribution in [0.4, 0.5) is 0 Å². The van der Waals surface area contributed by atoms with Crippen LogP contribution in [0, 0.1) is 18.8 Å². The first-order valence-corrected chi connectivity index (χ1v) is 19.4. The van der Waals surface area contributed by atoms with Crippen LogP contribution in [0.1, 0.15) is 86.3 Å². The number of hydrogen-bond acceptors (Lipinski definition) is 7. The lowest BCUT2D eigenvalue weighted by molar-refractivity contribution is -0.946. The summed E-state index contributed by atoms with van der Waals surface area (Å²) < 4.78 is 14.1. The van der Waals surface area contributed by atoms with Crippen LogP contribution < -0.4 is 15.6 Å². The summed E-state index contributed by atoms with van der Waals surface area (Å²) in [6.45, 7) is 9.99. The van der Waals surface area contributed by atoms with Gasteiger partial charge in [0.25, 0.3) is 0 Å². The molecule has 1 saturated carbocycles. The van der Waals surface area contributed by atoms with E-state index in [9.17, 15) is 20.1 Å². The van der Waals surface area contributed by atoms with E-state index in [-0.39, 0.29) is 29.4 Å². The molecule has 5 N–H and O–H groups in total. The first-order chi connectivity index (χ1) is 25.1. The summed E-state index contributed by atoms with van der Waals surface area (Å²) in [4.78, 5) is 14.4. The molecule has 8 rings (SSSR count). The third-order valence-electron chi connectivity index (χ3n) is 12.5. The van der Waals surface area contributed by atoms with E-state index in [1.54, 1.807) is 12.1 Å². The van der Waals surface area contributed by atoms with Gasteiger partial charge in [0, 0.05) is 49.2 Å². The molecule has 1 aromatic heterocycles. The number of aliphatic hydroxyl groups excluding tert-OH is 1. The number of aromatic amines is 1. The van der Waals surface area contributed by atoms with Gasteiger partial charge >= 0.3 is 0 Å². The molecule has 2 bridgehead atoms. The van der Waals surface area contributed by atoms with Crippen LogP contribution >= 0.6 is 0 Å². The molecule has 3 aliphatic heterocycles. The van der Waals surface area contributed by atoms with Crippen molar-refractivity contribution in [3.63, 3.8) is 0 Å². The highest BCUT2D eigenvalue weighted by atomic mass is 16.5. The summed E-state index contributed by atoms with van der Waals surface area (Å²) in [6.07, 6.45) is 7.23. The molecule has 52 heavy (non-hydrogen) atoms. The van der Waals surface area contributed by atoms with Crippen LogP contribution in [-0.2, 0) is 10.3 Å². The summed E-state index contributed by atoms with van der Waals surface area (Å²) in [5.74, 6) is 1.71. The third-order valence-corrected chi connectivity index (χ3v) is 12.5. The van der Waals surface area contributed by atoms with Crippen LogP contribution in [0.3, 0.4) is 0 Å². The van der Waals surface area contributed by atoms with Gasteiger partial charge in [0.1, 0.15) is 29.7 Å². The van der Waals surface area contributed by atoms with Gasteiger partial charge in [0.2, 0.25) is 5.56 Å². The molecule has 4 fully saturated rings. The number of phenols is 1. The molecule has 1 aliphatic carbocycles. The first-order valence-electron chi connectivity index (χ1n) is 19.4. The van der Waals surface area contributed by atoms with Crippen LogP contribution in [0.25, 0.3) is 10.9 Å². The number of benzene rings is 3. The topological polar surface area (TPSA) is 124 Å². The standard InChI is InChI=1S/C43H55N3O6/c1-29-25-32(30(2)44-26-38(48)35-14-16-37(47)42-36(35)15-18-41(49)45-42)13-17-39(29)51-24-8-21-46-22-19-31(20-23-46)40(27-46)52-28-43(50,34-11-6-7-12-34)33-9-4-3-5-10-33/h3-5,9-10,13-18,25,30-31,34,38,40,44,48,50H,6-8,11-12,19-24,26-28H2,1-2H3,(H-,45,47,49)/p+1/t30?,31?,38-,40-,43?,46?/m0/s1. The number of aromatic hydroxyl groups is 1. The zero-order valence-corrected chi connectivity index (χ0v) is 30.7. The average Bonchev–Trinajstić information content (AvgIpc) is 3.72. The number of pyridine rings is 1. The summed E-state index contributed by atoms with van der Waals surface area (Å²) in [5.41, 5.74) is 2.92. The van der Waals surface area contributed by atoms with Gasteiger partial charge in [-0.3, -0.25) is 4.79 Å². The van der Waals surface area contributed by atoms with Crippen molar-refractivity contribution in [2.75, 3.05) is 45.9 Å². The number of quaternary nitrogens is 1. The Morgan fingerprint density at radius 2 is 1.77 bits per heavy atom. The molecular formula is C43H56N3O6+. The van der Waals surface area contributed by atoms with Crippen molar-refractivity contribution < 1.29 is 29.3 Å². The van der Waals surface area contributed by atoms with Crippen molar-refractivity contribution in [3.05, 3.63) is 105 Å². The number of phenolic OH excluding ortho intramolecular Hbond substituents is 1. The maximum absolute atomic E-state index is 12.1. The molecule has 4 atom stereocenters. The molecule has 3 saturated heterocycles. The zero-order chi connectivity index (χ0) is 36.3. The summed E-state index contributed by atoms with van der Waals surface area (Å²) in [6, 6.07) is 22.7.